The van der Waals surface area contributed by atoms with Crippen LogP contribution in [0.1, 0.15) is 12.8 Å². The van der Waals surface area contributed by atoms with Crippen LogP contribution in [0.3, 0.4) is 0 Å². The first-order valence-electron chi connectivity index (χ1n) is 6.48. The maximum Gasteiger partial charge on any atom is 0.228 e. The minimum absolute atomic E-state index is 0.129. The summed E-state index contributed by atoms with van der Waals surface area (Å²) >= 11 is 0. The molecule has 98 valence electrons. The minimum atomic E-state index is -0.129. The summed E-state index contributed by atoms with van der Waals surface area (Å²) in [6.07, 6.45) is 0.480. The van der Waals surface area contributed by atoms with E-state index in [0.29, 0.717) is 18.1 Å². The lowest BCUT2D eigenvalue weighted by Crippen LogP contribution is -1.96. The third-order valence-electron chi connectivity index (χ3n) is 3.20. The fourth-order valence-corrected chi connectivity index (χ4v) is 2.18. The minimum Gasteiger partial charge on any atom is -0.339 e. The van der Waals surface area contributed by atoms with E-state index in [1.54, 1.807) is 0 Å². The molecule has 0 aliphatic carbocycles. The normalized spacial score (nSPS) is 12.2. The smallest absolute Gasteiger partial charge is 0.228 e. The van der Waals surface area contributed by atoms with Gasteiger partial charge in [-0.25, -0.2) is 0 Å². The fourth-order valence-electron chi connectivity index (χ4n) is 2.18. The van der Waals surface area contributed by atoms with Gasteiger partial charge in [0.1, 0.15) is 0 Å². The maximum absolute atomic E-state index is 8.82. The molecule has 1 unspecified atom stereocenters. The molecule has 0 saturated carbocycles. The Labute approximate surface area is 116 Å². The van der Waals surface area contributed by atoms with Gasteiger partial charge in [0.05, 0.1) is 12.0 Å². The highest BCUT2D eigenvalue weighted by atomic mass is 16.5. The van der Waals surface area contributed by atoms with Gasteiger partial charge in [0.2, 0.25) is 11.7 Å². The molecule has 20 heavy (non-hydrogen) atoms. The van der Waals surface area contributed by atoms with Gasteiger partial charge >= 0.3 is 0 Å². The topological polar surface area (TPSA) is 62.7 Å². The zero-order valence-corrected chi connectivity index (χ0v) is 11.1. The molecule has 0 spiro atoms. The van der Waals surface area contributed by atoms with Crippen LogP contribution in [0.2, 0.25) is 0 Å². The molecule has 0 radical (unpaired) electrons. The average Bonchev–Trinajstić information content (AvgIpc) is 2.94. The first-order valence-corrected chi connectivity index (χ1v) is 6.48. The van der Waals surface area contributed by atoms with Crippen LogP contribution >= 0.6 is 0 Å². The van der Waals surface area contributed by atoms with Crippen molar-refractivity contribution in [2.24, 2.45) is 5.92 Å². The summed E-state index contributed by atoms with van der Waals surface area (Å²) in [4.78, 5) is 4.39. The summed E-state index contributed by atoms with van der Waals surface area (Å²) in [5.74, 6) is 0.944. The van der Waals surface area contributed by atoms with E-state index < -0.39 is 0 Å². The molecular formula is C16H13N3O. The van der Waals surface area contributed by atoms with Crippen LogP contribution in [0.5, 0.6) is 0 Å². The van der Waals surface area contributed by atoms with Crippen molar-refractivity contribution in [1.82, 2.24) is 10.1 Å². The van der Waals surface area contributed by atoms with E-state index in [9.17, 15) is 0 Å². The maximum atomic E-state index is 8.82. The molecule has 2 aromatic carbocycles. The van der Waals surface area contributed by atoms with Gasteiger partial charge in [0.15, 0.2) is 0 Å². The number of aromatic nitrogens is 2. The second-order valence-electron chi connectivity index (χ2n) is 4.77. The van der Waals surface area contributed by atoms with E-state index >= 15 is 0 Å². The Morgan fingerprint density at radius 2 is 2.00 bits per heavy atom. The van der Waals surface area contributed by atoms with E-state index in [4.69, 9.17) is 9.78 Å². The van der Waals surface area contributed by atoms with Gasteiger partial charge in [-0.3, -0.25) is 0 Å². The quantitative estimate of drug-likeness (QED) is 0.724. The molecular weight excluding hydrogens is 250 g/mol. The van der Waals surface area contributed by atoms with E-state index in [0.717, 1.165) is 16.3 Å². The van der Waals surface area contributed by atoms with Crippen molar-refractivity contribution in [1.29, 1.82) is 5.26 Å². The van der Waals surface area contributed by atoms with Crippen LogP contribution in [0, 0.1) is 17.2 Å². The molecule has 0 aliphatic heterocycles. The Bertz CT molecular complexity index is 780. The highest BCUT2D eigenvalue weighted by Crippen LogP contribution is 2.26. The molecule has 4 nitrogen and oxygen atoms in total. The highest BCUT2D eigenvalue weighted by Gasteiger charge is 2.13. The number of nitrogens with zero attached hydrogens (tertiary/aromatic N) is 3. The molecule has 0 amide bonds. The monoisotopic (exact) mass is 263 g/mol. The number of nitriles is 1. The van der Waals surface area contributed by atoms with E-state index in [2.05, 4.69) is 28.3 Å². The molecule has 1 heterocycles. The van der Waals surface area contributed by atoms with E-state index in [-0.39, 0.29) is 5.92 Å². The summed E-state index contributed by atoms with van der Waals surface area (Å²) < 4.78 is 5.23. The third-order valence-corrected chi connectivity index (χ3v) is 3.20. The molecule has 1 aromatic heterocycles. The van der Waals surface area contributed by atoms with Gasteiger partial charge < -0.3 is 4.52 Å². The number of benzene rings is 2. The van der Waals surface area contributed by atoms with Gasteiger partial charge in [-0.05, 0) is 17.7 Å². The lowest BCUT2D eigenvalue weighted by atomic mass is 10.0. The van der Waals surface area contributed by atoms with Crippen molar-refractivity contribution in [3.05, 3.63) is 48.4 Å². The summed E-state index contributed by atoms with van der Waals surface area (Å²) in [6, 6.07) is 16.3. The van der Waals surface area contributed by atoms with E-state index in [1.807, 2.05) is 37.3 Å². The van der Waals surface area contributed by atoms with Crippen LogP contribution in [-0.4, -0.2) is 10.1 Å². The molecule has 0 bridgehead atoms. The SMILES string of the molecule is CC(C#N)Cc1nc(-c2cccc3ccccc23)no1. The highest BCUT2D eigenvalue weighted by molar-refractivity contribution is 5.94. The Hall–Kier alpha value is -2.67. The van der Waals surface area contributed by atoms with Crippen molar-refractivity contribution in [2.75, 3.05) is 0 Å². The lowest BCUT2D eigenvalue weighted by molar-refractivity contribution is 0.369. The van der Waals surface area contributed by atoms with Gasteiger partial charge in [-0.2, -0.15) is 10.2 Å². The van der Waals surface area contributed by atoms with Gasteiger partial charge in [0.25, 0.3) is 0 Å². The van der Waals surface area contributed by atoms with Crippen molar-refractivity contribution in [3.63, 3.8) is 0 Å². The first-order chi connectivity index (χ1) is 9.78. The molecule has 0 saturated heterocycles. The second kappa shape index (κ2) is 5.14. The predicted molar refractivity (Wildman–Crippen MR) is 75.7 cm³/mol. The van der Waals surface area contributed by atoms with Crippen molar-refractivity contribution in [2.45, 2.75) is 13.3 Å². The zero-order chi connectivity index (χ0) is 13.9. The second-order valence-corrected chi connectivity index (χ2v) is 4.77. The molecule has 3 rings (SSSR count). The van der Waals surface area contributed by atoms with Crippen molar-refractivity contribution in [3.8, 4) is 17.5 Å². The molecule has 0 aliphatic rings. The first kappa shape index (κ1) is 12.4. The summed E-state index contributed by atoms with van der Waals surface area (Å²) in [7, 11) is 0. The Morgan fingerprint density at radius 1 is 1.20 bits per heavy atom. The van der Waals surface area contributed by atoms with Crippen LogP contribution in [-0.2, 0) is 6.42 Å². The molecule has 3 aromatic rings. The number of hydrogen-bond donors (Lipinski definition) is 0. The fraction of sp³-hybridized carbons (Fsp3) is 0.188. The van der Waals surface area contributed by atoms with Gasteiger partial charge in [0, 0.05) is 12.0 Å². The standard InChI is InChI=1S/C16H13N3O/c1-11(10-17)9-15-18-16(19-20-15)14-8-4-6-12-5-2-3-7-13(12)14/h2-8,11H,9H2,1H3. The lowest BCUT2D eigenvalue weighted by Gasteiger charge is -2.01. The predicted octanol–water partition coefficient (Wildman–Crippen LogP) is 3.59. The average molecular weight is 263 g/mol. The summed E-state index contributed by atoms with van der Waals surface area (Å²) in [5.41, 5.74) is 0.947. The zero-order valence-electron chi connectivity index (χ0n) is 11.1. The van der Waals surface area contributed by atoms with Gasteiger partial charge in [-0.1, -0.05) is 47.6 Å². The largest absolute Gasteiger partial charge is 0.339 e. The molecule has 0 fully saturated rings. The van der Waals surface area contributed by atoms with Crippen LogP contribution < -0.4 is 0 Å². The van der Waals surface area contributed by atoms with Gasteiger partial charge in [-0.15, -0.1) is 0 Å². The van der Waals surface area contributed by atoms with Crippen LogP contribution in [0.4, 0.5) is 0 Å². The Kier molecular flexibility index (Phi) is 3.18. The number of fused-ring (bicyclic) bond motifs is 1. The Morgan fingerprint density at radius 3 is 2.85 bits per heavy atom. The van der Waals surface area contributed by atoms with E-state index in [1.165, 1.54) is 0 Å². The number of hydrogen-bond acceptors (Lipinski definition) is 4. The summed E-state index contributed by atoms with van der Waals surface area (Å²) in [5, 5.41) is 15.1. The number of rotatable bonds is 3. The van der Waals surface area contributed by atoms with Crippen molar-refractivity contribution < 1.29 is 4.52 Å². The molecule has 4 heteroatoms. The van der Waals surface area contributed by atoms with Crippen LogP contribution in [0.15, 0.2) is 47.0 Å². The molecule has 0 N–H and O–H groups in total. The third kappa shape index (κ3) is 2.26. The Balaban J connectivity index is 2.02. The van der Waals surface area contributed by atoms with Crippen molar-refractivity contribution >= 4 is 10.8 Å². The molecule has 1 atom stereocenters. The summed E-state index contributed by atoms with van der Waals surface area (Å²) in [6.45, 7) is 1.84. The van der Waals surface area contributed by atoms with Crippen LogP contribution in [0.25, 0.3) is 22.2 Å².